The predicted octanol–water partition coefficient (Wildman–Crippen LogP) is 3.42. The summed E-state index contributed by atoms with van der Waals surface area (Å²) in [6.45, 7) is 3.36. The minimum atomic E-state index is -0.0440. The van der Waals surface area contributed by atoms with Gasteiger partial charge in [-0.25, -0.2) is 4.98 Å². The van der Waals surface area contributed by atoms with Gasteiger partial charge in [0.1, 0.15) is 11.3 Å². The molecule has 0 aliphatic carbocycles. The number of hydrogen-bond donors (Lipinski definition) is 0. The molecule has 4 rings (SSSR count). The molecule has 0 bridgehead atoms. The van der Waals surface area contributed by atoms with E-state index in [4.69, 9.17) is 9.15 Å². The molecule has 1 atom stereocenters. The van der Waals surface area contributed by atoms with E-state index in [1.165, 1.54) is 0 Å². The molecule has 0 N–H and O–H groups in total. The monoisotopic (exact) mass is 339 g/mol. The molecule has 1 fully saturated rings. The van der Waals surface area contributed by atoms with Gasteiger partial charge in [0.25, 0.3) is 5.91 Å². The van der Waals surface area contributed by atoms with Crippen LogP contribution in [0.1, 0.15) is 35.0 Å². The summed E-state index contributed by atoms with van der Waals surface area (Å²) in [6.07, 6.45) is 7.57. The van der Waals surface area contributed by atoms with Crippen molar-refractivity contribution in [2.24, 2.45) is 0 Å². The van der Waals surface area contributed by atoms with Gasteiger partial charge in [0.2, 0.25) is 0 Å². The summed E-state index contributed by atoms with van der Waals surface area (Å²) in [5.74, 6) is 1.14. The third-order valence-corrected chi connectivity index (χ3v) is 4.97. The molecular formula is C19H21N3O3. The maximum Gasteiger partial charge on any atom is 0.289 e. The van der Waals surface area contributed by atoms with Gasteiger partial charge in [-0.2, -0.15) is 0 Å². The molecule has 0 radical (unpaired) electrons. The van der Waals surface area contributed by atoms with Crippen molar-refractivity contribution in [1.82, 2.24) is 14.5 Å². The third kappa shape index (κ3) is 2.77. The Bertz CT molecular complexity index is 898. The fourth-order valence-electron chi connectivity index (χ4n) is 3.54. The number of benzene rings is 1. The van der Waals surface area contributed by atoms with Crippen molar-refractivity contribution in [2.45, 2.75) is 25.8 Å². The van der Waals surface area contributed by atoms with Gasteiger partial charge >= 0.3 is 0 Å². The number of furan rings is 1. The lowest BCUT2D eigenvalue weighted by molar-refractivity contribution is 0.0648. The summed E-state index contributed by atoms with van der Waals surface area (Å²) in [5, 5.41) is 0.922. The molecule has 1 saturated heterocycles. The summed E-state index contributed by atoms with van der Waals surface area (Å²) in [7, 11) is 1.63. The van der Waals surface area contributed by atoms with E-state index in [1.54, 1.807) is 13.3 Å². The van der Waals surface area contributed by atoms with Crippen LogP contribution in [-0.4, -0.2) is 40.6 Å². The summed E-state index contributed by atoms with van der Waals surface area (Å²) >= 11 is 0. The molecule has 0 spiro atoms. The van der Waals surface area contributed by atoms with Crippen LogP contribution in [0.2, 0.25) is 0 Å². The van der Waals surface area contributed by atoms with Crippen LogP contribution in [0.4, 0.5) is 0 Å². The highest BCUT2D eigenvalue weighted by molar-refractivity contribution is 5.99. The smallest absolute Gasteiger partial charge is 0.289 e. The summed E-state index contributed by atoms with van der Waals surface area (Å²) in [4.78, 5) is 19.0. The van der Waals surface area contributed by atoms with Crippen LogP contribution < -0.4 is 4.74 Å². The Labute approximate surface area is 146 Å². The van der Waals surface area contributed by atoms with Gasteiger partial charge in [-0.05, 0) is 38.0 Å². The zero-order valence-electron chi connectivity index (χ0n) is 14.4. The van der Waals surface area contributed by atoms with E-state index >= 15 is 0 Å². The van der Waals surface area contributed by atoms with Crippen LogP contribution in [-0.2, 0) is 0 Å². The Balaban J connectivity index is 1.62. The lowest BCUT2D eigenvalue weighted by Crippen LogP contribution is -2.40. The van der Waals surface area contributed by atoms with E-state index in [9.17, 15) is 4.79 Å². The lowest BCUT2D eigenvalue weighted by atomic mass is 10.0. The highest BCUT2D eigenvalue weighted by Gasteiger charge is 2.28. The van der Waals surface area contributed by atoms with Crippen LogP contribution in [0, 0.1) is 6.92 Å². The number of rotatable bonds is 3. The van der Waals surface area contributed by atoms with Crippen molar-refractivity contribution in [3.8, 4) is 5.75 Å². The minimum Gasteiger partial charge on any atom is -0.497 e. The fraction of sp³-hybridized carbons (Fsp3) is 0.368. The SMILES string of the molecule is COc1ccc2oc(C(=O)N3CCCC(n4ccnc4)C3)c(C)c2c1. The van der Waals surface area contributed by atoms with Crippen LogP contribution in [0.5, 0.6) is 5.75 Å². The number of hydrogen-bond acceptors (Lipinski definition) is 4. The summed E-state index contributed by atoms with van der Waals surface area (Å²) in [5.41, 5.74) is 1.58. The number of aryl methyl sites for hydroxylation is 1. The zero-order chi connectivity index (χ0) is 17.4. The molecule has 0 saturated carbocycles. The second-order valence-corrected chi connectivity index (χ2v) is 6.48. The molecule has 25 heavy (non-hydrogen) atoms. The first-order valence-electron chi connectivity index (χ1n) is 8.51. The van der Waals surface area contributed by atoms with Gasteiger partial charge in [0.15, 0.2) is 5.76 Å². The van der Waals surface area contributed by atoms with Gasteiger partial charge < -0.3 is 18.6 Å². The summed E-state index contributed by atoms with van der Waals surface area (Å²) in [6, 6.07) is 5.87. The molecule has 1 unspecified atom stereocenters. The van der Waals surface area contributed by atoms with Crippen molar-refractivity contribution in [3.63, 3.8) is 0 Å². The molecule has 1 aliphatic heterocycles. The first kappa shape index (κ1) is 15.7. The van der Waals surface area contributed by atoms with Crippen molar-refractivity contribution < 1.29 is 13.9 Å². The Kier molecular flexibility index (Phi) is 3.95. The predicted molar refractivity (Wildman–Crippen MR) is 93.9 cm³/mol. The Morgan fingerprint density at radius 2 is 2.28 bits per heavy atom. The topological polar surface area (TPSA) is 60.5 Å². The lowest BCUT2D eigenvalue weighted by Gasteiger charge is -2.33. The minimum absolute atomic E-state index is 0.0440. The van der Waals surface area contributed by atoms with Gasteiger partial charge in [0, 0.05) is 36.4 Å². The van der Waals surface area contributed by atoms with Crippen molar-refractivity contribution in [1.29, 1.82) is 0 Å². The standard InChI is InChI=1S/C19H21N3O3/c1-13-16-10-15(24-2)5-6-17(16)25-18(13)19(23)21-8-3-4-14(11-21)22-9-7-20-12-22/h5-7,9-10,12,14H,3-4,8,11H2,1-2H3. The quantitative estimate of drug-likeness (QED) is 0.733. The van der Waals surface area contributed by atoms with Gasteiger partial charge in [-0.3, -0.25) is 4.79 Å². The average molecular weight is 339 g/mol. The number of amides is 1. The third-order valence-electron chi connectivity index (χ3n) is 4.97. The van der Waals surface area contributed by atoms with E-state index in [0.29, 0.717) is 17.9 Å². The normalized spacial score (nSPS) is 17.8. The number of aromatic nitrogens is 2. The van der Waals surface area contributed by atoms with Crippen LogP contribution in [0.3, 0.4) is 0 Å². The maximum absolute atomic E-state index is 13.0. The van der Waals surface area contributed by atoms with Gasteiger partial charge in [0.05, 0.1) is 19.5 Å². The van der Waals surface area contributed by atoms with Gasteiger partial charge in [-0.15, -0.1) is 0 Å². The molecule has 3 aromatic rings. The Morgan fingerprint density at radius 3 is 3.04 bits per heavy atom. The second kappa shape index (κ2) is 6.27. The largest absolute Gasteiger partial charge is 0.497 e. The average Bonchev–Trinajstić information content (AvgIpc) is 3.30. The highest BCUT2D eigenvalue weighted by Crippen LogP contribution is 2.31. The number of carbonyl (C=O) groups is 1. The molecule has 1 aromatic carbocycles. The number of ether oxygens (including phenoxy) is 1. The Morgan fingerprint density at radius 1 is 1.40 bits per heavy atom. The highest BCUT2D eigenvalue weighted by atomic mass is 16.5. The number of carbonyl (C=O) groups excluding carboxylic acids is 1. The van der Waals surface area contributed by atoms with E-state index in [-0.39, 0.29) is 11.9 Å². The van der Waals surface area contributed by atoms with E-state index < -0.39 is 0 Å². The summed E-state index contributed by atoms with van der Waals surface area (Å²) < 4.78 is 13.2. The van der Waals surface area contributed by atoms with Crippen LogP contribution >= 0.6 is 0 Å². The molecule has 1 amide bonds. The van der Waals surface area contributed by atoms with E-state index in [2.05, 4.69) is 9.55 Å². The molecule has 6 heteroatoms. The maximum atomic E-state index is 13.0. The first-order chi connectivity index (χ1) is 12.2. The Hall–Kier alpha value is -2.76. The number of piperidine rings is 1. The van der Waals surface area contributed by atoms with E-state index in [1.807, 2.05) is 42.5 Å². The number of nitrogens with zero attached hydrogens (tertiary/aromatic N) is 3. The molecule has 2 aromatic heterocycles. The second-order valence-electron chi connectivity index (χ2n) is 6.48. The van der Waals surface area contributed by atoms with Crippen molar-refractivity contribution >= 4 is 16.9 Å². The molecule has 6 nitrogen and oxygen atoms in total. The molecule has 130 valence electrons. The van der Waals surface area contributed by atoms with Crippen molar-refractivity contribution in [2.75, 3.05) is 20.2 Å². The molecule has 1 aliphatic rings. The zero-order valence-corrected chi connectivity index (χ0v) is 14.4. The molecule has 3 heterocycles. The first-order valence-corrected chi connectivity index (χ1v) is 8.51. The van der Waals surface area contributed by atoms with Gasteiger partial charge in [-0.1, -0.05) is 0 Å². The number of fused-ring (bicyclic) bond motifs is 1. The van der Waals surface area contributed by atoms with Crippen LogP contribution in [0.25, 0.3) is 11.0 Å². The molecular weight excluding hydrogens is 318 g/mol. The van der Waals surface area contributed by atoms with Crippen molar-refractivity contribution in [3.05, 3.63) is 48.2 Å². The fourth-order valence-corrected chi connectivity index (χ4v) is 3.54. The van der Waals surface area contributed by atoms with E-state index in [0.717, 1.165) is 36.1 Å². The number of methoxy groups -OCH3 is 1. The number of likely N-dealkylation sites (tertiary alicyclic amines) is 1. The number of imidazole rings is 1. The van der Waals surface area contributed by atoms with Crippen LogP contribution in [0.15, 0.2) is 41.3 Å².